The summed E-state index contributed by atoms with van der Waals surface area (Å²) >= 11 is 0. The fourth-order valence-corrected chi connectivity index (χ4v) is 1.41. The SMILES string of the molecule is CC(O)C=C1CCN(C)CC1. The number of hydrogen-bond acceptors (Lipinski definition) is 2. The van der Waals surface area contributed by atoms with Crippen molar-refractivity contribution in [2.75, 3.05) is 20.1 Å². The molecule has 2 nitrogen and oxygen atoms in total. The predicted octanol–water partition coefficient (Wildman–Crippen LogP) is 1.02. The summed E-state index contributed by atoms with van der Waals surface area (Å²) < 4.78 is 0. The van der Waals surface area contributed by atoms with E-state index in [1.165, 1.54) is 5.57 Å². The van der Waals surface area contributed by atoms with Crippen molar-refractivity contribution in [3.05, 3.63) is 11.6 Å². The van der Waals surface area contributed by atoms with E-state index < -0.39 is 0 Å². The van der Waals surface area contributed by atoms with Crippen LogP contribution >= 0.6 is 0 Å². The molecule has 2 heteroatoms. The number of likely N-dealkylation sites (tertiary alicyclic amines) is 1. The maximum Gasteiger partial charge on any atom is 0.0695 e. The molecule has 64 valence electrons. The van der Waals surface area contributed by atoms with Crippen molar-refractivity contribution in [3.63, 3.8) is 0 Å². The third-order valence-electron chi connectivity index (χ3n) is 2.11. The molecular formula is C9H17NO. The maximum absolute atomic E-state index is 9.08. The van der Waals surface area contributed by atoms with Gasteiger partial charge in [-0.05, 0) is 26.8 Å². The molecule has 1 aliphatic rings. The topological polar surface area (TPSA) is 23.5 Å². The summed E-state index contributed by atoms with van der Waals surface area (Å²) in [5.74, 6) is 0. The van der Waals surface area contributed by atoms with Crippen LogP contribution in [0.15, 0.2) is 11.6 Å². The molecule has 1 rings (SSSR count). The Balaban J connectivity index is 2.38. The Morgan fingerprint density at radius 1 is 1.45 bits per heavy atom. The monoisotopic (exact) mass is 155 g/mol. The van der Waals surface area contributed by atoms with E-state index in [4.69, 9.17) is 5.11 Å². The Morgan fingerprint density at radius 2 is 2.00 bits per heavy atom. The van der Waals surface area contributed by atoms with E-state index >= 15 is 0 Å². The van der Waals surface area contributed by atoms with E-state index in [2.05, 4.69) is 11.9 Å². The van der Waals surface area contributed by atoms with Crippen LogP contribution in [-0.2, 0) is 0 Å². The standard InChI is InChI=1S/C9H17NO/c1-8(11)7-9-3-5-10(2)6-4-9/h7-8,11H,3-6H2,1-2H3. The predicted molar refractivity (Wildman–Crippen MR) is 46.5 cm³/mol. The van der Waals surface area contributed by atoms with Crippen molar-refractivity contribution >= 4 is 0 Å². The van der Waals surface area contributed by atoms with Gasteiger partial charge in [0.15, 0.2) is 0 Å². The number of hydrogen-bond donors (Lipinski definition) is 1. The summed E-state index contributed by atoms with van der Waals surface area (Å²) in [7, 11) is 2.14. The lowest BCUT2D eigenvalue weighted by molar-refractivity contribution is 0.239. The molecule has 1 fully saturated rings. The lowest BCUT2D eigenvalue weighted by atomic mass is 10.0. The zero-order valence-corrected chi connectivity index (χ0v) is 7.38. The van der Waals surface area contributed by atoms with E-state index in [1.807, 2.05) is 13.0 Å². The van der Waals surface area contributed by atoms with Crippen LogP contribution in [0.1, 0.15) is 19.8 Å². The second-order valence-corrected chi connectivity index (χ2v) is 3.37. The smallest absolute Gasteiger partial charge is 0.0695 e. The maximum atomic E-state index is 9.08. The van der Waals surface area contributed by atoms with E-state index in [9.17, 15) is 0 Å². The van der Waals surface area contributed by atoms with Gasteiger partial charge >= 0.3 is 0 Å². The fourth-order valence-electron chi connectivity index (χ4n) is 1.41. The van der Waals surface area contributed by atoms with Crippen molar-refractivity contribution in [1.82, 2.24) is 4.90 Å². The minimum Gasteiger partial charge on any atom is -0.389 e. The molecule has 0 saturated carbocycles. The van der Waals surface area contributed by atoms with Gasteiger partial charge in [-0.25, -0.2) is 0 Å². The van der Waals surface area contributed by atoms with Gasteiger partial charge in [-0.15, -0.1) is 0 Å². The number of rotatable bonds is 1. The van der Waals surface area contributed by atoms with Crippen molar-refractivity contribution in [3.8, 4) is 0 Å². The van der Waals surface area contributed by atoms with Gasteiger partial charge in [-0.2, -0.15) is 0 Å². The summed E-state index contributed by atoms with van der Waals surface area (Å²) in [6, 6.07) is 0. The molecule has 0 aromatic heterocycles. The van der Waals surface area contributed by atoms with Gasteiger partial charge in [0.25, 0.3) is 0 Å². The third kappa shape index (κ3) is 3.04. The first kappa shape index (κ1) is 8.75. The second kappa shape index (κ2) is 3.88. The molecule has 0 bridgehead atoms. The molecule has 1 heterocycles. The fraction of sp³-hybridized carbons (Fsp3) is 0.778. The normalized spacial score (nSPS) is 23.4. The molecule has 0 aromatic carbocycles. The molecule has 1 aliphatic heterocycles. The minimum absolute atomic E-state index is 0.270. The largest absolute Gasteiger partial charge is 0.389 e. The molecule has 0 aliphatic carbocycles. The Morgan fingerprint density at radius 3 is 2.45 bits per heavy atom. The van der Waals surface area contributed by atoms with Gasteiger partial charge in [0.2, 0.25) is 0 Å². The summed E-state index contributed by atoms with van der Waals surface area (Å²) in [5, 5.41) is 9.08. The van der Waals surface area contributed by atoms with Crippen LogP contribution in [0.4, 0.5) is 0 Å². The van der Waals surface area contributed by atoms with Crippen molar-refractivity contribution in [2.45, 2.75) is 25.9 Å². The molecular weight excluding hydrogens is 138 g/mol. The van der Waals surface area contributed by atoms with Crippen molar-refractivity contribution in [1.29, 1.82) is 0 Å². The number of piperidine rings is 1. The van der Waals surface area contributed by atoms with Crippen LogP contribution in [0, 0.1) is 0 Å². The molecule has 1 saturated heterocycles. The molecule has 0 aromatic rings. The van der Waals surface area contributed by atoms with Gasteiger partial charge in [0.1, 0.15) is 0 Å². The van der Waals surface area contributed by atoms with Crippen LogP contribution in [-0.4, -0.2) is 36.2 Å². The van der Waals surface area contributed by atoms with E-state index in [0.29, 0.717) is 0 Å². The van der Waals surface area contributed by atoms with Crippen LogP contribution in [0.25, 0.3) is 0 Å². The molecule has 0 spiro atoms. The average molecular weight is 155 g/mol. The van der Waals surface area contributed by atoms with Crippen molar-refractivity contribution in [2.24, 2.45) is 0 Å². The highest BCUT2D eigenvalue weighted by Gasteiger charge is 2.09. The zero-order valence-electron chi connectivity index (χ0n) is 7.38. The van der Waals surface area contributed by atoms with Crippen LogP contribution in [0.3, 0.4) is 0 Å². The number of aliphatic hydroxyl groups is 1. The van der Waals surface area contributed by atoms with Gasteiger partial charge < -0.3 is 10.0 Å². The first-order chi connectivity index (χ1) is 5.18. The van der Waals surface area contributed by atoms with Gasteiger partial charge in [-0.3, -0.25) is 0 Å². The van der Waals surface area contributed by atoms with Crippen LogP contribution in [0.2, 0.25) is 0 Å². The summed E-state index contributed by atoms with van der Waals surface area (Å²) in [6.45, 7) is 4.09. The highest BCUT2D eigenvalue weighted by molar-refractivity contribution is 5.07. The van der Waals surface area contributed by atoms with Gasteiger partial charge in [0, 0.05) is 13.1 Å². The lowest BCUT2D eigenvalue weighted by Crippen LogP contribution is -2.26. The summed E-state index contributed by atoms with van der Waals surface area (Å²) in [6.07, 6.45) is 3.96. The Labute approximate surface area is 68.5 Å². The Kier molecular flexibility index (Phi) is 3.09. The highest BCUT2D eigenvalue weighted by atomic mass is 16.3. The van der Waals surface area contributed by atoms with Gasteiger partial charge in [0.05, 0.1) is 6.10 Å². The zero-order chi connectivity index (χ0) is 8.27. The number of nitrogens with zero attached hydrogens (tertiary/aromatic N) is 1. The lowest BCUT2D eigenvalue weighted by Gasteiger charge is -2.24. The third-order valence-corrected chi connectivity index (χ3v) is 2.11. The Bertz CT molecular complexity index is 142. The highest BCUT2D eigenvalue weighted by Crippen LogP contribution is 2.14. The second-order valence-electron chi connectivity index (χ2n) is 3.37. The van der Waals surface area contributed by atoms with E-state index in [1.54, 1.807) is 0 Å². The van der Waals surface area contributed by atoms with Crippen molar-refractivity contribution < 1.29 is 5.11 Å². The minimum atomic E-state index is -0.270. The molecule has 0 amide bonds. The summed E-state index contributed by atoms with van der Waals surface area (Å²) in [5.41, 5.74) is 1.41. The molecule has 1 atom stereocenters. The van der Waals surface area contributed by atoms with E-state index in [-0.39, 0.29) is 6.10 Å². The first-order valence-electron chi connectivity index (χ1n) is 4.24. The number of aliphatic hydroxyl groups excluding tert-OH is 1. The quantitative estimate of drug-likeness (QED) is 0.571. The average Bonchev–Trinajstić information content (AvgIpc) is 1.93. The molecule has 1 N–H and O–H groups in total. The first-order valence-corrected chi connectivity index (χ1v) is 4.24. The Hall–Kier alpha value is -0.340. The van der Waals surface area contributed by atoms with Gasteiger partial charge in [-0.1, -0.05) is 11.6 Å². The molecule has 1 unspecified atom stereocenters. The van der Waals surface area contributed by atoms with E-state index in [0.717, 1.165) is 25.9 Å². The van der Waals surface area contributed by atoms with Crippen LogP contribution in [0.5, 0.6) is 0 Å². The van der Waals surface area contributed by atoms with Crippen LogP contribution < -0.4 is 0 Å². The molecule has 11 heavy (non-hydrogen) atoms. The molecule has 0 radical (unpaired) electrons. The summed E-state index contributed by atoms with van der Waals surface area (Å²) in [4.78, 5) is 2.32.